The molecule has 0 atom stereocenters. The summed E-state index contributed by atoms with van der Waals surface area (Å²) in [6, 6.07) is 58.5. The maximum atomic E-state index is 9.38. The summed E-state index contributed by atoms with van der Waals surface area (Å²) in [5, 5.41) is 9.12. The number of benzene rings is 7. The minimum absolute atomic E-state index is 0.0392. The third-order valence-electron chi connectivity index (χ3n) is 14.2. The Bertz CT molecular complexity index is 4090. The number of aromatic nitrogens is 4. The molecule has 4 aromatic heterocycles. The van der Waals surface area contributed by atoms with Crippen LogP contribution in [0.25, 0.3) is 82.1 Å². The lowest BCUT2D eigenvalue weighted by molar-refractivity contribution is 0.481. The molecule has 5 heterocycles. The van der Waals surface area contributed by atoms with E-state index in [1.165, 1.54) is 5.56 Å². The van der Waals surface area contributed by atoms with Gasteiger partial charge >= 0.3 is 0 Å². The van der Waals surface area contributed by atoms with E-state index in [0.29, 0.717) is 23.7 Å². The number of fused-ring (bicyclic) bond motifs is 10. The summed E-state index contributed by atoms with van der Waals surface area (Å²) in [4.78, 5) is 12.1. The maximum absolute atomic E-state index is 9.38. The van der Waals surface area contributed by atoms with Crippen LogP contribution >= 0.6 is 0 Å². The van der Waals surface area contributed by atoms with Crippen molar-refractivity contribution < 1.29 is 7.48 Å². The van der Waals surface area contributed by atoms with Gasteiger partial charge in [0.2, 0.25) is 0 Å². The van der Waals surface area contributed by atoms with Gasteiger partial charge in [-0.2, -0.15) is 0 Å². The number of hydrogen-bond donors (Lipinski definition) is 0. The maximum Gasteiger partial charge on any atom is 0.147 e. The predicted molar refractivity (Wildman–Crippen MR) is 298 cm³/mol. The first kappa shape index (κ1) is 42.0. The molecular weight excluding hydrogens is 867 g/mol. The highest BCUT2D eigenvalue weighted by atomic mass is 16.5. The van der Waals surface area contributed by atoms with Crippen LogP contribution in [0.15, 0.2) is 182 Å². The first-order valence-corrected chi connectivity index (χ1v) is 24.8. The predicted octanol–water partition coefficient (Wildman–Crippen LogP) is 17.5. The third kappa shape index (κ3) is 7.73. The van der Waals surface area contributed by atoms with Crippen molar-refractivity contribution in [2.75, 3.05) is 4.90 Å². The number of para-hydroxylation sites is 3. The molecule has 11 aromatic rings. The largest absolute Gasteiger partial charge is 0.456 e. The Labute approximate surface area is 418 Å². The van der Waals surface area contributed by atoms with Crippen molar-refractivity contribution in [1.82, 2.24) is 19.1 Å². The first-order chi connectivity index (χ1) is 35.0. The Hall–Kier alpha value is -7.96. The van der Waals surface area contributed by atoms with E-state index in [1.807, 2.05) is 32.3 Å². The Balaban J connectivity index is 1.06. The van der Waals surface area contributed by atoms with E-state index < -0.39 is 6.37 Å². The molecule has 0 fully saturated rings. The third-order valence-corrected chi connectivity index (χ3v) is 14.2. The minimum atomic E-state index is -1.55. The molecule has 350 valence electrons. The highest BCUT2D eigenvalue weighted by Gasteiger charge is 2.27. The van der Waals surface area contributed by atoms with Crippen molar-refractivity contribution >= 4 is 76.5 Å². The van der Waals surface area contributed by atoms with Crippen LogP contribution in [0.3, 0.4) is 0 Å². The second-order valence-electron chi connectivity index (χ2n) is 21.5. The Morgan fingerprint density at radius 2 is 1.20 bits per heavy atom. The van der Waals surface area contributed by atoms with E-state index in [9.17, 15) is 2.74 Å². The number of anilines is 2. The van der Waals surface area contributed by atoms with E-state index in [1.54, 1.807) is 6.20 Å². The lowest BCUT2D eigenvalue weighted by atomic mass is 9.83. The number of pyridine rings is 2. The summed E-state index contributed by atoms with van der Waals surface area (Å²) in [5.74, 6) is 1.96. The molecule has 1 aliphatic heterocycles. The molecule has 1 aliphatic rings. The highest BCUT2D eigenvalue weighted by molar-refractivity contribution is 6.22. The van der Waals surface area contributed by atoms with Crippen molar-refractivity contribution in [3.05, 3.63) is 199 Å². The number of nitrogens with zero attached hydrogens (tertiary/aromatic N) is 5. The summed E-state index contributed by atoms with van der Waals surface area (Å²) < 4.78 is 30.3. The van der Waals surface area contributed by atoms with Crippen molar-refractivity contribution in [3.63, 3.8) is 0 Å². The van der Waals surface area contributed by atoms with Crippen LogP contribution in [0.1, 0.15) is 74.8 Å². The van der Waals surface area contributed by atoms with Gasteiger partial charge in [-0.25, -0.2) is 4.98 Å². The summed E-state index contributed by atoms with van der Waals surface area (Å²) in [6.45, 7) is 17.7. The van der Waals surface area contributed by atoms with Crippen LogP contribution in [0.4, 0.5) is 11.4 Å². The number of rotatable bonds is 7. The van der Waals surface area contributed by atoms with Gasteiger partial charge in [-0.05, 0) is 103 Å². The summed E-state index contributed by atoms with van der Waals surface area (Å²) in [6.07, 6.45) is 4.08. The van der Waals surface area contributed by atoms with Gasteiger partial charge in [0.25, 0.3) is 0 Å². The Morgan fingerprint density at radius 3 is 1.90 bits per heavy atom. The van der Waals surface area contributed by atoms with Gasteiger partial charge in [-0.15, -0.1) is 0 Å². The standard InChI is InChI=1S/C65H59N5O/c1-41(2)31-42-32-43(34-45(33-42)65(6,7)8)49-22-15-23-56-52-19-11-9-17-50(52)51-18-10-12-20-53(51)57-24-16-26-59-63(57)69(62(49)56)40-68(59)46-36-48(39-66-38-46)71-47-27-28-55-54-21-13-14-25-58(54)70(60(55)37-47)61-35-44(29-30-67-61)64(3,4)5/h9-30,32-39,41H,31,40H2,1-8H3/i31D2. The molecule has 0 saturated carbocycles. The average molecular weight is 928 g/mol. The molecule has 0 amide bonds. The van der Waals surface area contributed by atoms with E-state index >= 15 is 0 Å². The molecule has 0 N–H and O–H groups in total. The van der Waals surface area contributed by atoms with Crippen molar-refractivity contribution in [2.24, 2.45) is 5.92 Å². The van der Waals surface area contributed by atoms with Crippen LogP contribution in [0.2, 0.25) is 0 Å². The van der Waals surface area contributed by atoms with E-state index in [2.05, 4.69) is 213 Å². The second-order valence-corrected chi connectivity index (χ2v) is 21.5. The number of hydrogen-bond acceptors (Lipinski definition) is 4. The lowest BCUT2D eigenvalue weighted by Gasteiger charge is -2.23. The van der Waals surface area contributed by atoms with Crippen LogP contribution in [0, 0.1) is 5.92 Å². The summed E-state index contributed by atoms with van der Waals surface area (Å²) in [7, 11) is 0. The van der Waals surface area contributed by atoms with E-state index in [-0.39, 0.29) is 16.7 Å². The zero-order valence-corrected chi connectivity index (χ0v) is 41.7. The molecule has 6 heteroatoms. The molecule has 0 radical (unpaired) electrons. The minimum Gasteiger partial charge on any atom is -0.456 e. The van der Waals surface area contributed by atoms with Crippen molar-refractivity contribution in [3.8, 4) is 28.4 Å². The van der Waals surface area contributed by atoms with Crippen LogP contribution in [-0.2, 0) is 23.9 Å². The van der Waals surface area contributed by atoms with Gasteiger partial charge in [0.05, 0.1) is 45.8 Å². The summed E-state index contributed by atoms with van der Waals surface area (Å²) in [5.41, 5.74) is 11.0. The van der Waals surface area contributed by atoms with Gasteiger partial charge in [0, 0.05) is 48.2 Å². The van der Waals surface area contributed by atoms with Crippen molar-refractivity contribution in [2.45, 2.75) is 79.3 Å². The molecule has 0 bridgehead atoms. The fraction of sp³-hybridized carbons (Fsp3) is 0.200. The molecule has 71 heavy (non-hydrogen) atoms. The molecule has 6 nitrogen and oxygen atoms in total. The van der Waals surface area contributed by atoms with Gasteiger partial charge < -0.3 is 14.2 Å². The average Bonchev–Trinajstić information content (AvgIpc) is 3.95. The lowest BCUT2D eigenvalue weighted by Crippen LogP contribution is -2.15. The van der Waals surface area contributed by atoms with Crippen LogP contribution in [0.5, 0.6) is 11.5 Å². The van der Waals surface area contributed by atoms with Crippen LogP contribution in [-0.4, -0.2) is 19.1 Å². The topological polar surface area (TPSA) is 48.1 Å². The normalized spacial score (nSPS) is 13.5. The molecule has 12 rings (SSSR count). The molecule has 0 aliphatic carbocycles. The van der Waals surface area contributed by atoms with Crippen molar-refractivity contribution in [1.29, 1.82) is 0 Å². The monoisotopic (exact) mass is 927 g/mol. The highest BCUT2D eigenvalue weighted by Crippen LogP contribution is 2.46. The Kier molecular flexibility index (Phi) is 9.97. The van der Waals surface area contributed by atoms with E-state index in [0.717, 1.165) is 99.0 Å². The zero-order chi connectivity index (χ0) is 50.6. The quantitative estimate of drug-likeness (QED) is 0.160. The molecule has 0 saturated heterocycles. The molecule has 0 unspecified atom stereocenters. The smallest absolute Gasteiger partial charge is 0.147 e. The Morgan fingerprint density at radius 1 is 0.563 bits per heavy atom. The van der Waals surface area contributed by atoms with Gasteiger partial charge in [0.15, 0.2) is 0 Å². The van der Waals surface area contributed by atoms with Crippen LogP contribution < -0.4 is 9.64 Å². The molecule has 0 spiro atoms. The zero-order valence-electron chi connectivity index (χ0n) is 43.7. The summed E-state index contributed by atoms with van der Waals surface area (Å²) >= 11 is 0. The first-order valence-electron chi connectivity index (χ1n) is 25.8. The fourth-order valence-electron chi connectivity index (χ4n) is 10.8. The van der Waals surface area contributed by atoms with Gasteiger partial charge in [0.1, 0.15) is 24.0 Å². The van der Waals surface area contributed by atoms with Gasteiger partial charge in [-0.1, -0.05) is 171 Å². The number of ether oxygens (including phenoxy) is 1. The molecular formula is C65H59N5O. The van der Waals surface area contributed by atoms with Gasteiger partial charge in [-0.3, -0.25) is 9.55 Å². The fourth-order valence-corrected chi connectivity index (χ4v) is 10.8. The second kappa shape index (κ2) is 16.9. The molecule has 7 aromatic carbocycles. The SMILES string of the molecule is [2H]C([2H])(c1cc(-c2cccc3c4ccccc4c4ccccc4c4cccc5c4n(c23)CN5c2cncc(Oc3ccc4c5ccccc5n(-c5cc(C(C)(C)C)ccn5)c4c3)c2)cc(C(C)(C)C)c1)C(C)C. The van der Waals surface area contributed by atoms with E-state index in [4.69, 9.17) is 14.7 Å².